The summed E-state index contributed by atoms with van der Waals surface area (Å²) in [5.41, 5.74) is -0.801. The molecule has 120 valence electrons. The molecule has 0 bridgehead atoms. The summed E-state index contributed by atoms with van der Waals surface area (Å²) in [6.45, 7) is 0. The number of thiazole rings is 1. The molecular weight excluding hydrogens is 332 g/mol. The third kappa shape index (κ3) is 2.59. The fourth-order valence-corrected chi connectivity index (χ4v) is 3.25. The van der Waals surface area contributed by atoms with Gasteiger partial charge in [-0.3, -0.25) is 0 Å². The van der Waals surface area contributed by atoms with Crippen molar-refractivity contribution >= 4 is 27.1 Å². The molecule has 2 aromatic rings. The van der Waals surface area contributed by atoms with Gasteiger partial charge in [0.05, 0.1) is 10.2 Å². The Labute approximate surface area is 132 Å². The third-order valence-electron chi connectivity index (χ3n) is 3.35. The zero-order valence-electron chi connectivity index (χ0n) is 11.8. The van der Waals surface area contributed by atoms with Crippen molar-refractivity contribution in [3.05, 3.63) is 52.2 Å². The van der Waals surface area contributed by atoms with Crippen LogP contribution in [0.25, 0.3) is 15.8 Å². The quantitative estimate of drug-likeness (QED) is 0.782. The van der Waals surface area contributed by atoms with E-state index in [2.05, 4.69) is 10.3 Å². The van der Waals surface area contributed by atoms with Crippen LogP contribution in [-0.4, -0.2) is 17.1 Å². The van der Waals surface area contributed by atoms with Gasteiger partial charge in [0.1, 0.15) is 22.3 Å². The van der Waals surface area contributed by atoms with Gasteiger partial charge in [0.25, 0.3) is 0 Å². The van der Waals surface area contributed by atoms with E-state index in [1.54, 1.807) is 0 Å². The minimum Gasteiger partial charge on any atom is -0.508 e. The number of aromatic hydroxyl groups is 1. The van der Waals surface area contributed by atoms with Crippen LogP contribution in [0, 0.1) is 0 Å². The van der Waals surface area contributed by atoms with E-state index in [-0.39, 0.29) is 16.3 Å². The predicted octanol–water partition coefficient (Wildman–Crippen LogP) is 4.64. The van der Waals surface area contributed by atoms with Crippen molar-refractivity contribution in [2.45, 2.75) is 6.42 Å². The summed E-state index contributed by atoms with van der Waals surface area (Å²) in [4.78, 5) is 4.10. The predicted molar refractivity (Wildman–Crippen MR) is 80.4 cm³/mol. The molecule has 2 N–H and O–H groups in total. The van der Waals surface area contributed by atoms with E-state index in [9.17, 15) is 22.7 Å². The zero-order valence-corrected chi connectivity index (χ0v) is 12.6. The number of aromatic nitrogens is 1. The van der Waals surface area contributed by atoms with Crippen LogP contribution in [0.15, 0.2) is 47.2 Å². The highest BCUT2D eigenvalue weighted by atomic mass is 32.1. The monoisotopic (exact) mass is 342 g/mol. The average Bonchev–Trinajstić information content (AvgIpc) is 2.91. The lowest BCUT2D eigenvalue weighted by atomic mass is 10.1. The smallest absolute Gasteiger partial charge is 0.185 e. The number of fused-ring (bicyclic) bond motifs is 1. The molecule has 23 heavy (non-hydrogen) atoms. The lowest BCUT2D eigenvalue weighted by Gasteiger charge is -2.04. The van der Waals surface area contributed by atoms with Crippen LogP contribution in [0.1, 0.15) is 11.4 Å². The molecule has 1 heterocycles. The third-order valence-corrected chi connectivity index (χ3v) is 4.42. The van der Waals surface area contributed by atoms with Gasteiger partial charge in [-0.05, 0) is 18.2 Å². The van der Waals surface area contributed by atoms with E-state index in [0.717, 1.165) is 11.3 Å². The van der Waals surface area contributed by atoms with Gasteiger partial charge in [0.2, 0.25) is 0 Å². The summed E-state index contributed by atoms with van der Waals surface area (Å²) >= 11 is 0.955. The summed E-state index contributed by atoms with van der Waals surface area (Å²) in [6, 6.07) is 4.30. The number of likely N-dealkylation sites (N-methyl/N-ethyl adjacent to an activating group) is 1. The van der Waals surface area contributed by atoms with Crippen molar-refractivity contribution in [3.63, 3.8) is 0 Å². The van der Waals surface area contributed by atoms with Crippen LogP contribution in [0.4, 0.5) is 17.6 Å². The molecular formula is C15H10F4N2OS. The van der Waals surface area contributed by atoms with Crippen molar-refractivity contribution in [2.24, 2.45) is 0 Å². The minimum atomic E-state index is -1.50. The summed E-state index contributed by atoms with van der Waals surface area (Å²) in [5, 5.41) is 11.6. The Morgan fingerprint density at radius 3 is 2.57 bits per heavy atom. The summed E-state index contributed by atoms with van der Waals surface area (Å²) in [5.74, 6) is -5.62. The lowest BCUT2D eigenvalue weighted by molar-refractivity contribution is 0.476. The summed E-state index contributed by atoms with van der Waals surface area (Å²) in [7, 11) is 1.17. The first-order valence-corrected chi connectivity index (χ1v) is 7.35. The topological polar surface area (TPSA) is 45.2 Å². The van der Waals surface area contributed by atoms with E-state index in [4.69, 9.17) is 0 Å². The molecule has 0 saturated carbocycles. The maximum atomic E-state index is 14.3. The van der Waals surface area contributed by atoms with Crippen molar-refractivity contribution in [3.8, 4) is 5.75 Å². The fraction of sp³-hybridized carbons (Fsp3) is 0.133. The number of phenolic OH excluding ortho intramolecular Hbond substituents is 1. The molecule has 1 aliphatic rings. The Hall–Kier alpha value is -2.35. The second kappa shape index (κ2) is 5.69. The highest BCUT2D eigenvalue weighted by Crippen LogP contribution is 2.41. The van der Waals surface area contributed by atoms with Crippen LogP contribution in [0.3, 0.4) is 0 Å². The zero-order chi connectivity index (χ0) is 16.7. The Kier molecular flexibility index (Phi) is 3.85. The average molecular weight is 342 g/mol. The largest absolute Gasteiger partial charge is 0.508 e. The van der Waals surface area contributed by atoms with Gasteiger partial charge in [-0.2, -0.15) is 0 Å². The van der Waals surface area contributed by atoms with Gasteiger partial charge in [0.15, 0.2) is 17.5 Å². The van der Waals surface area contributed by atoms with E-state index in [0.29, 0.717) is 10.2 Å². The second-order valence-corrected chi connectivity index (χ2v) is 5.83. The molecule has 0 atom stereocenters. The summed E-state index contributed by atoms with van der Waals surface area (Å²) in [6.07, 6.45) is -0.748. The number of allylic oxidation sites excluding steroid dienone is 5. The minimum absolute atomic E-state index is 0.0105. The van der Waals surface area contributed by atoms with Crippen molar-refractivity contribution in [1.82, 2.24) is 10.3 Å². The molecule has 0 amide bonds. The first kappa shape index (κ1) is 15.5. The fourth-order valence-electron chi connectivity index (χ4n) is 2.22. The van der Waals surface area contributed by atoms with Crippen LogP contribution in [0.5, 0.6) is 5.75 Å². The highest BCUT2D eigenvalue weighted by molar-refractivity contribution is 7.19. The second-order valence-electron chi connectivity index (χ2n) is 4.80. The molecule has 0 aliphatic heterocycles. The molecule has 1 aliphatic carbocycles. The molecule has 0 fully saturated rings. The Balaban J connectivity index is 2.20. The van der Waals surface area contributed by atoms with E-state index in [1.165, 1.54) is 25.2 Å². The number of rotatable bonds is 2. The number of halogens is 4. The maximum Gasteiger partial charge on any atom is 0.185 e. The number of hydrogen-bond donors (Lipinski definition) is 2. The van der Waals surface area contributed by atoms with Crippen LogP contribution < -0.4 is 5.32 Å². The standard InChI is InChI=1S/C15H10F4N2OS/c1-20-14-12(18)8(16)5-7(11(17)13(14)19)15-21-9-3-2-6(22)4-10(9)23-15/h2-4,20,22H,5H2,1H3. The number of nitrogens with one attached hydrogen (secondary N) is 1. The van der Waals surface area contributed by atoms with E-state index in [1.807, 2.05) is 0 Å². The van der Waals surface area contributed by atoms with E-state index < -0.39 is 35.4 Å². The van der Waals surface area contributed by atoms with Crippen molar-refractivity contribution < 1.29 is 22.7 Å². The number of phenols is 1. The van der Waals surface area contributed by atoms with Gasteiger partial charge in [-0.15, -0.1) is 11.3 Å². The van der Waals surface area contributed by atoms with Gasteiger partial charge in [-0.25, -0.2) is 22.5 Å². The molecule has 8 heteroatoms. The number of nitrogens with zero attached hydrogens (tertiary/aromatic N) is 1. The maximum absolute atomic E-state index is 14.3. The molecule has 3 rings (SSSR count). The Morgan fingerprint density at radius 1 is 1.13 bits per heavy atom. The molecule has 3 nitrogen and oxygen atoms in total. The first-order valence-electron chi connectivity index (χ1n) is 6.53. The Morgan fingerprint density at radius 2 is 1.87 bits per heavy atom. The van der Waals surface area contributed by atoms with Gasteiger partial charge in [-0.1, -0.05) is 0 Å². The molecule has 0 spiro atoms. The van der Waals surface area contributed by atoms with Crippen LogP contribution in [-0.2, 0) is 0 Å². The lowest BCUT2D eigenvalue weighted by Crippen LogP contribution is -2.09. The van der Waals surface area contributed by atoms with Crippen LogP contribution in [0.2, 0.25) is 0 Å². The molecule has 1 aromatic carbocycles. The molecule has 0 radical (unpaired) electrons. The first-order chi connectivity index (χ1) is 10.9. The normalized spacial score (nSPS) is 16.4. The molecule has 0 unspecified atom stereocenters. The van der Waals surface area contributed by atoms with Crippen molar-refractivity contribution in [1.29, 1.82) is 0 Å². The van der Waals surface area contributed by atoms with Gasteiger partial charge >= 0.3 is 0 Å². The van der Waals surface area contributed by atoms with E-state index >= 15 is 0 Å². The summed E-state index contributed by atoms with van der Waals surface area (Å²) < 4.78 is 56.6. The van der Waals surface area contributed by atoms with Crippen LogP contribution >= 0.6 is 11.3 Å². The van der Waals surface area contributed by atoms with Crippen molar-refractivity contribution in [2.75, 3.05) is 7.05 Å². The molecule has 1 aromatic heterocycles. The van der Waals surface area contributed by atoms with Gasteiger partial charge in [0, 0.05) is 19.0 Å². The highest BCUT2D eigenvalue weighted by Gasteiger charge is 2.29. The SMILES string of the molecule is CNC1=C(F)C(F)=C(c2nc3ccc(O)cc3s2)CC(F)=C1F. The Bertz CT molecular complexity index is 898. The van der Waals surface area contributed by atoms with Gasteiger partial charge < -0.3 is 10.4 Å². The number of benzene rings is 1. The molecule has 0 saturated heterocycles. The number of hydrogen-bond acceptors (Lipinski definition) is 4.